The van der Waals surface area contributed by atoms with Crippen LogP contribution in [0, 0.1) is 0 Å². The Labute approximate surface area is 189 Å². The third-order valence-corrected chi connectivity index (χ3v) is 6.85. The van der Waals surface area contributed by atoms with E-state index in [9.17, 15) is 16.8 Å². The van der Waals surface area contributed by atoms with Gasteiger partial charge >= 0.3 is 0 Å². The lowest BCUT2D eigenvalue weighted by Gasteiger charge is -2.18. The van der Waals surface area contributed by atoms with Crippen molar-refractivity contribution in [2.24, 2.45) is 0 Å². The summed E-state index contributed by atoms with van der Waals surface area (Å²) in [6, 6.07) is 15.1. The third-order valence-electron chi connectivity index (χ3n) is 5.43. The summed E-state index contributed by atoms with van der Waals surface area (Å²) in [6.45, 7) is 1.17. The molecular weight excluding hydrogens is 448 g/mol. The second kappa shape index (κ2) is 9.99. The number of nitrogens with zero attached hydrogens (tertiary/aromatic N) is 1. The van der Waals surface area contributed by atoms with E-state index in [4.69, 9.17) is 4.55 Å². The van der Waals surface area contributed by atoms with Crippen LogP contribution in [0.3, 0.4) is 0 Å². The maximum absolute atomic E-state index is 12.5. The summed E-state index contributed by atoms with van der Waals surface area (Å²) >= 11 is 0. The number of hydrogen-bond donors (Lipinski definition) is 2. The lowest BCUT2D eigenvalue weighted by atomic mass is 10.0. The maximum Gasteiger partial charge on any atom is 0.261 e. The number of benzene rings is 2. The Kier molecular flexibility index (Phi) is 7.55. The predicted octanol–water partition coefficient (Wildman–Crippen LogP) is 3.75. The molecule has 1 fully saturated rings. The highest BCUT2D eigenvalue weighted by molar-refractivity contribution is 7.94. The van der Waals surface area contributed by atoms with Gasteiger partial charge in [-0.3, -0.25) is 4.55 Å². The van der Waals surface area contributed by atoms with E-state index in [2.05, 4.69) is 29.2 Å². The van der Waals surface area contributed by atoms with Gasteiger partial charge in [0.25, 0.3) is 10.1 Å². The molecule has 2 N–H and O–H groups in total. The van der Waals surface area contributed by atoms with Crippen LogP contribution in [0.25, 0.3) is 17.0 Å². The summed E-state index contributed by atoms with van der Waals surface area (Å²) in [4.78, 5) is 6.08. The summed E-state index contributed by atoms with van der Waals surface area (Å²) in [5.41, 5.74) is 3.28. The lowest BCUT2D eigenvalue weighted by molar-refractivity contribution is 0.310. The average Bonchev–Trinajstić information content (AvgIpc) is 3.32. The minimum absolute atomic E-state index is 0.314. The van der Waals surface area contributed by atoms with Crippen molar-refractivity contribution in [1.29, 1.82) is 0 Å². The molecule has 0 radical (unpaired) electrons. The van der Waals surface area contributed by atoms with Gasteiger partial charge in [0.05, 0.1) is 11.2 Å². The molecule has 1 atom stereocenters. The number of sulfone groups is 1. The predicted molar refractivity (Wildman–Crippen MR) is 128 cm³/mol. The SMILES string of the molecule is CN1CCCC1Cc1c[nH]c2ccc(C=CS(=O)(=O)c3ccccc3)cc12.CS(=O)(=O)O. The molecule has 1 unspecified atom stereocenters. The third kappa shape index (κ3) is 6.77. The molecule has 0 saturated carbocycles. The van der Waals surface area contributed by atoms with Crippen molar-refractivity contribution in [3.63, 3.8) is 0 Å². The number of aromatic nitrogens is 1. The van der Waals surface area contributed by atoms with Gasteiger partial charge in [-0.2, -0.15) is 8.42 Å². The van der Waals surface area contributed by atoms with Crippen LogP contribution in [0.5, 0.6) is 0 Å². The number of H-pyrrole nitrogens is 1. The van der Waals surface area contributed by atoms with Crippen LogP contribution in [0.15, 0.2) is 65.0 Å². The van der Waals surface area contributed by atoms with Gasteiger partial charge in [0.15, 0.2) is 9.84 Å². The van der Waals surface area contributed by atoms with Crippen molar-refractivity contribution in [2.45, 2.75) is 30.2 Å². The van der Waals surface area contributed by atoms with Crippen molar-refractivity contribution < 1.29 is 21.4 Å². The molecule has 0 amide bonds. The minimum atomic E-state index is -3.67. The van der Waals surface area contributed by atoms with Gasteiger partial charge in [-0.25, -0.2) is 8.42 Å². The standard InChI is InChI=1S/C22H24N2O2S.CH4O3S/c1-24-12-5-6-19(24)15-18-16-23-22-10-9-17(14-21(18)22)11-13-27(25,26)20-7-3-2-4-8-20;1-5(2,3)4/h2-4,7-11,13-14,16,19,23H,5-6,12,15H2,1H3;1H3,(H,2,3,4). The Morgan fingerprint density at radius 2 is 1.81 bits per heavy atom. The quantitative estimate of drug-likeness (QED) is 0.543. The number of hydrogen-bond acceptors (Lipinski definition) is 5. The molecule has 3 aromatic rings. The lowest BCUT2D eigenvalue weighted by Crippen LogP contribution is -2.26. The molecule has 2 aromatic carbocycles. The van der Waals surface area contributed by atoms with E-state index < -0.39 is 20.0 Å². The topological polar surface area (TPSA) is 108 Å². The second-order valence-corrected chi connectivity index (χ2v) is 11.3. The summed E-state index contributed by atoms with van der Waals surface area (Å²) in [5, 5.41) is 2.47. The van der Waals surface area contributed by atoms with Crippen LogP contribution in [0.1, 0.15) is 24.0 Å². The molecule has 1 aliphatic heterocycles. The molecule has 1 aliphatic rings. The smallest absolute Gasteiger partial charge is 0.261 e. The Bertz CT molecular complexity index is 1290. The van der Waals surface area contributed by atoms with Gasteiger partial charge in [0.2, 0.25) is 0 Å². The molecule has 0 spiro atoms. The van der Waals surface area contributed by atoms with Gasteiger partial charge < -0.3 is 9.88 Å². The molecule has 7 nitrogen and oxygen atoms in total. The molecular formula is C23H28N2O5S2. The second-order valence-electron chi connectivity index (χ2n) is 7.99. The number of likely N-dealkylation sites (tertiary alicyclic amines) is 1. The molecule has 32 heavy (non-hydrogen) atoms. The Balaban J connectivity index is 0.000000523. The van der Waals surface area contributed by atoms with E-state index in [1.807, 2.05) is 18.2 Å². The molecule has 2 heterocycles. The molecule has 0 bridgehead atoms. The maximum atomic E-state index is 12.5. The van der Waals surface area contributed by atoms with E-state index in [0.29, 0.717) is 17.2 Å². The number of fused-ring (bicyclic) bond motifs is 1. The van der Waals surface area contributed by atoms with Crippen LogP contribution >= 0.6 is 0 Å². The normalized spacial score (nSPS) is 17.5. The first-order valence-corrected chi connectivity index (χ1v) is 13.6. The Morgan fingerprint density at radius 1 is 1.12 bits per heavy atom. The van der Waals surface area contributed by atoms with Crippen LogP contribution in [0.4, 0.5) is 0 Å². The molecule has 4 rings (SSSR count). The van der Waals surface area contributed by atoms with Crippen molar-refractivity contribution in [2.75, 3.05) is 19.8 Å². The van der Waals surface area contributed by atoms with E-state index in [1.165, 1.54) is 35.7 Å². The molecule has 1 aromatic heterocycles. The van der Waals surface area contributed by atoms with Gasteiger partial charge in [-0.05, 0) is 74.3 Å². The zero-order chi connectivity index (χ0) is 23.4. The van der Waals surface area contributed by atoms with Crippen molar-refractivity contribution in [1.82, 2.24) is 9.88 Å². The van der Waals surface area contributed by atoms with Gasteiger partial charge in [0.1, 0.15) is 0 Å². The molecule has 1 saturated heterocycles. The molecule has 9 heteroatoms. The van der Waals surface area contributed by atoms with Gasteiger partial charge in [0, 0.05) is 28.5 Å². The van der Waals surface area contributed by atoms with Gasteiger partial charge in [-0.1, -0.05) is 24.3 Å². The van der Waals surface area contributed by atoms with Gasteiger partial charge in [-0.15, -0.1) is 0 Å². The van der Waals surface area contributed by atoms with Crippen LogP contribution < -0.4 is 0 Å². The summed E-state index contributed by atoms with van der Waals surface area (Å²) < 4.78 is 50.8. The van der Waals surface area contributed by atoms with Crippen molar-refractivity contribution >= 4 is 36.9 Å². The average molecular weight is 477 g/mol. The Hall–Kier alpha value is -2.46. The summed E-state index contributed by atoms with van der Waals surface area (Å²) in [7, 11) is -4.91. The fourth-order valence-corrected chi connectivity index (χ4v) is 4.85. The highest BCUT2D eigenvalue weighted by Crippen LogP contribution is 2.26. The number of likely N-dealkylation sites (N-methyl/N-ethyl adjacent to an activating group) is 1. The van der Waals surface area contributed by atoms with Crippen LogP contribution in [-0.4, -0.2) is 57.2 Å². The molecule has 0 aliphatic carbocycles. The number of aromatic amines is 1. The first-order valence-electron chi connectivity index (χ1n) is 10.2. The zero-order valence-electron chi connectivity index (χ0n) is 18.1. The fraction of sp³-hybridized carbons (Fsp3) is 0.304. The minimum Gasteiger partial charge on any atom is -0.361 e. The van der Waals surface area contributed by atoms with E-state index >= 15 is 0 Å². The van der Waals surface area contributed by atoms with E-state index in [0.717, 1.165) is 17.5 Å². The summed E-state index contributed by atoms with van der Waals surface area (Å²) in [6.07, 6.45) is 8.00. The number of rotatable bonds is 5. The summed E-state index contributed by atoms with van der Waals surface area (Å²) in [5.74, 6) is 0. The largest absolute Gasteiger partial charge is 0.361 e. The van der Waals surface area contributed by atoms with E-state index in [-0.39, 0.29) is 0 Å². The zero-order valence-corrected chi connectivity index (χ0v) is 19.7. The highest BCUT2D eigenvalue weighted by atomic mass is 32.2. The molecule has 172 valence electrons. The number of nitrogens with one attached hydrogen (secondary N) is 1. The van der Waals surface area contributed by atoms with E-state index in [1.54, 1.807) is 30.3 Å². The fourth-order valence-electron chi connectivity index (χ4n) is 3.82. The van der Waals surface area contributed by atoms with Crippen molar-refractivity contribution in [3.05, 3.63) is 71.3 Å². The highest BCUT2D eigenvalue weighted by Gasteiger charge is 2.22. The Morgan fingerprint density at radius 3 is 2.44 bits per heavy atom. The van der Waals surface area contributed by atoms with Crippen molar-refractivity contribution in [3.8, 4) is 0 Å². The van der Waals surface area contributed by atoms with Crippen LogP contribution in [0.2, 0.25) is 0 Å². The first-order chi connectivity index (χ1) is 15.0. The first kappa shape index (κ1) is 24.2. The monoisotopic (exact) mass is 476 g/mol. The van der Waals surface area contributed by atoms with Crippen LogP contribution in [-0.2, 0) is 26.4 Å².